The van der Waals surface area contributed by atoms with E-state index >= 15 is 0 Å². The van der Waals surface area contributed by atoms with Crippen molar-refractivity contribution >= 4 is 81.3 Å². The third-order valence-electron chi connectivity index (χ3n) is 4.22. The van der Waals surface area contributed by atoms with Gasteiger partial charge in [0, 0.05) is 18.1 Å². The molecule has 0 amide bonds. The van der Waals surface area contributed by atoms with Crippen molar-refractivity contribution in [3.8, 4) is 22.5 Å². The summed E-state index contributed by atoms with van der Waals surface area (Å²) in [4.78, 5) is 28.2. The first kappa shape index (κ1) is 25.9. The summed E-state index contributed by atoms with van der Waals surface area (Å²) in [5.74, 6) is -0.687. The second-order valence-corrected chi connectivity index (χ2v) is 11.2. The van der Waals surface area contributed by atoms with Crippen molar-refractivity contribution in [2.24, 2.45) is 5.16 Å². The van der Waals surface area contributed by atoms with Crippen LogP contribution in [0.3, 0.4) is 0 Å². The largest absolute Gasteiger partial charge is 0.331 e. The van der Waals surface area contributed by atoms with Gasteiger partial charge in [0.15, 0.2) is 17.5 Å². The van der Waals surface area contributed by atoms with Gasteiger partial charge in [0.2, 0.25) is 7.59 Å². The molecular formula is C21H14Cl6N4O2. The second-order valence-electron chi connectivity index (χ2n) is 6.68. The van der Waals surface area contributed by atoms with Gasteiger partial charge in [-0.3, -0.25) is 0 Å². The molecule has 0 aliphatic heterocycles. The van der Waals surface area contributed by atoms with Gasteiger partial charge in [-0.1, -0.05) is 123 Å². The molecule has 0 aliphatic carbocycles. The molecule has 3 aromatic rings. The molecule has 0 N–H and O–H groups in total. The van der Waals surface area contributed by atoms with Gasteiger partial charge in [0.05, 0.1) is 5.71 Å². The lowest BCUT2D eigenvalue weighted by molar-refractivity contribution is -0.140. The Balaban J connectivity index is 2.03. The number of halogens is 6. The van der Waals surface area contributed by atoms with E-state index in [0.29, 0.717) is 11.3 Å². The minimum Gasteiger partial charge on any atom is -0.318 e. The molecule has 6 nitrogen and oxygen atoms in total. The van der Waals surface area contributed by atoms with Crippen molar-refractivity contribution in [2.45, 2.75) is 21.4 Å². The zero-order valence-corrected chi connectivity index (χ0v) is 21.5. The van der Waals surface area contributed by atoms with Crippen LogP contribution in [-0.4, -0.2) is 26.6 Å². The molecule has 2 aromatic carbocycles. The molecular weight excluding hydrogens is 553 g/mol. The quantitative estimate of drug-likeness (QED) is 0.145. The highest BCUT2D eigenvalue weighted by atomic mass is 35.6. The van der Waals surface area contributed by atoms with E-state index in [0.717, 1.165) is 16.7 Å². The standard InChI is InChI=1S/C21H14Cl6N4O2/c1-11(31-33-12(2)32)15-5-3-4-6-16(15)13-7-9-14(10-8-13)17-28-18(20(22,23)24)30-19(29-17)21(25,26)27/h3-10H,1-2H3. The number of nitrogens with zero attached hydrogens (tertiary/aromatic N) is 4. The van der Waals surface area contributed by atoms with Crippen LogP contribution in [0.4, 0.5) is 0 Å². The van der Waals surface area contributed by atoms with E-state index in [9.17, 15) is 4.79 Å². The highest BCUT2D eigenvalue weighted by molar-refractivity contribution is 6.67. The van der Waals surface area contributed by atoms with Crippen molar-refractivity contribution in [2.75, 3.05) is 0 Å². The SMILES string of the molecule is CC(=O)ON=C(C)c1ccccc1-c1ccc(-c2nc(C(Cl)(Cl)Cl)nc(C(Cl)(Cl)Cl)n2)cc1. The van der Waals surface area contributed by atoms with Crippen LogP contribution in [-0.2, 0) is 17.2 Å². The predicted molar refractivity (Wildman–Crippen MR) is 133 cm³/mol. The molecule has 3 rings (SSSR count). The van der Waals surface area contributed by atoms with Gasteiger partial charge in [-0.2, -0.15) is 0 Å². The van der Waals surface area contributed by atoms with Gasteiger partial charge < -0.3 is 4.84 Å². The average Bonchev–Trinajstić information content (AvgIpc) is 2.76. The van der Waals surface area contributed by atoms with Gasteiger partial charge in [-0.25, -0.2) is 19.7 Å². The average molecular weight is 567 g/mol. The van der Waals surface area contributed by atoms with Gasteiger partial charge in [-0.15, -0.1) is 0 Å². The smallest absolute Gasteiger partial charge is 0.318 e. The van der Waals surface area contributed by atoms with Crippen LogP contribution in [0.2, 0.25) is 0 Å². The summed E-state index contributed by atoms with van der Waals surface area (Å²) in [6.07, 6.45) is 0. The molecule has 1 heterocycles. The lowest BCUT2D eigenvalue weighted by Gasteiger charge is -2.16. The van der Waals surface area contributed by atoms with Crippen molar-refractivity contribution in [3.63, 3.8) is 0 Å². The van der Waals surface area contributed by atoms with Gasteiger partial charge in [-0.05, 0) is 18.1 Å². The highest BCUT2D eigenvalue weighted by Crippen LogP contribution is 2.40. The van der Waals surface area contributed by atoms with E-state index in [4.69, 9.17) is 74.4 Å². The van der Waals surface area contributed by atoms with Crippen molar-refractivity contribution in [1.29, 1.82) is 0 Å². The maximum absolute atomic E-state index is 11.1. The number of aromatic nitrogens is 3. The Morgan fingerprint density at radius 1 is 0.788 bits per heavy atom. The Morgan fingerprint density at radius 2 is 1.30 bits per heavy atom. The molecule has 0 unspecified atom stereocenters. The second kappa shape index (κ2) is 10.3. The predicted octanol–water partition coefficient (Wildman–Crippen LogP) is 7.15. The molecule has 0 fully saturated rings. The molecule has 0 saturated heterocycles. The summed E-state index contributed by atoms with van der Waals surface area (Å²) >= 11 is 35.7. The van der Waals surface area contributed by atoms with Crippen LogP contribution < -0.4 is 0 Å². The third-order valence-corrected chi connectivity index (χ3v) is 5.24. The Labute approximate surface area is 219 Å². The first-order valence-corrected chi connectivity index (χ1v) is 11.5. The highest BCUT2D eigenvalue weighted by Gasteiger charge is 2.34. The zero-order valence-electron chi connectivity index (χ0n) is 17.0. The van der Waals surface area contributed by atoms with Crippen LogP contribution in [0, 0.1) is 0 Å². The molecule has 0 radical (unpaired) electrons. The van der Waals surface area contributed by atoms with E-state index in [2.05, 4.69) is 20.1 Å². The number of oxime groups is 1. The fourth-order valence-corrected chi connectivity index (χ4v) is 3.30. The Bertz CT molecular complexity index is 1170. The minimum absolute atomic E-state index is 0.167. The van der Waals surface area contributed by atoms with Gasteiger partial charge in [0.25, 0.3) is 0 Å². The molecule has 0 atom stereocenters. The van der Waals surface area contributed by atoms with E-state index in [1.165, 1.54) is 6.92 Å². The number of rotatable bonds is 4. The van der Waals surface area contributed by atoms with E-state index in [1.54, 1.807) is 19.1 Å². The van der Waals surface area contributed by atoms with Gasteiger partial charge >= 0.3 is 5.97 Å². The first-order chi connectivity index (χ1) is 15.4. The van der Waals surface area contributed by atoms with Crippen LogP contribution in [0.25, 0.3) is 22.5 Å². The van der Waals surface area contributed by atoms with Crippen molar-refractivity contribution in [1.82, 2.24) is 15.0 Å². The molecule has 0 saturated carbocycles. The number of alkyl halides is 6. The number of hydrogen-bond acceptors (Lipinski definition) is 6. The number of carbonyl (C=O) groups is 1. The summed E-state index contributed by atoms with van der Waals surface area (Å²) in [5.41, 5.74) is 3.65. The van der Waals surface area contributed by atoms with Crippen molar-refractivity contribution in [3.05, 3.63) is 65.7 Å². The first-order valence-electron chi connectivity index (χ1n) is 9.19. The number of benzene rings is 2. The maximum atomic E-state index is 11.1. The van der Waals surface area contributed by atoms with E-state index in [1.807, 2.05) is 36.4 Å². The zero-order chi connectivity index (χ0) is 24.4. The lowest BCUT2D eigenvalue weighted by Crippen LogP contribution is -2.16. The Hall–Kier alpha value is -1.67. The van der Waals surface area contributed by atoms with Crippen LogP contribution in [0.1, 0.15) is 31.1 Å². The molecule has 172 valence electrons. The van der Waals surface area contributed by atoms with Crippen LogP contribution in [0.5, 0.6) is 0 Å². The summed E-state index contributed by atoms with van der Waals surface area (Å²) in [6.45, 7) is 3.03. The van der Waals surface area contributed by atoms with E-state index < -0.39 is 13.6 Å². The molecule has 0 aliphatic rings. The van der Waals surface area contributed by atoms with Crippen LogP contribution in [0.15, 0.2) is 53.7 Å². The fraction of sp³-hybridized carbons (Fsp3) is 0.190. The number of carbonyl (C=O) groups excluding carboxylic acids is 1. The molecule has 1 aromatic heterocycles. The third kappa shape index (κ3) is 6.69. The summed E-state index contributed by atoms with van der Waals surface area (Å²) < 4.78 is -3.89. The monoisotopic (exact) mass is 564 g/mol. The molecule has 12 heteroatoms. The summed E-state index contributed by atoms with van der Waals surface area (Å²) in [6, 6.07) is 14.8. The fourth-order valence-electron chi connectivity index (χ4n) is 2.79. The molecule has 0 bridgehead atoms. The number of hydrogen-bond donors (Lipinski definition) is 0. The summed E-state index contributed by atoms with van der Waals surface area (Å²) in [5, 5.41) is 3.88. The minimum atomic E-state index is -1.94. The normalized spacial score (nSPS) is 12.5. The maximum Gasteiger partial charge on any atom is 0.331 e. The Kier molecular flexibility index (Phi) is 8.10. The van der Waals surface area contributed by atoms with Crippen molar-refractivity contribution < 1.29 is 9.63 Å². The topological polar surface area (TPSA) is 77.3 Å². The van der Waals surface area contributed by atoms with E-state index in [-0.39, 0.29) is 17.5 Å². The molecule has 33 heavy (non-hydrogen) atoms. The van der Waals surface area contributed by atoms with Crippen LogP contribution >= 0.6 is 69.6 Å². The summed E-state index contributed by atoms with van der Waals surface area (Å²) in [7, 11) is 0. The Morgan fingerprint density at radius 3 is 1.82 bits per heavy atom. The lowest BCUT2D eigenvalue weighted by atomic mass is 9.96. The molecule has 0 spiro atoms. The van der Waals surface area contributed by atoms with Gasteiger partial charge in [0.1, 0.15) is 0 Å².